The number of Topliss-reactive ketones (excluding diaryl/α,β-unsaturated/α-hetero) is 1. The van der Waals surface area contributed by atoms with E-state index in [0.29, 0.717) is 17.1 Å². The number of rotatable bonds is 9. The van der Waals surface area contributed by atoms with Gasteiger partial charge in [0, 0.05) is 5.56 Å². The fourth-order valence-corrected chi connectivity index (χ4v) is 2.90. The Morgan fingerprint density at radius 2 is 1.49 bits per heavy atom. The van der Waals surface area contributed by atoms with Crippen LogP contribution in [0.2, 0.25) is 0 Å². The average molecular weight is 511 g/mol. The van der Waals surface area contributed by atoms with Crippen LogP contribution in [0.15, 0.2) is 49.0 Å². The van der Waals surface area contributed by atoms with Crippen LogP contribution in [-0.2, 0) is 23.9 Å². The maximum Gasteiger partial charge on any atom is 0.343 e. The second-order valence-electron chi connectivity index (χ2n) is 8.70. The van der Waals surface area contributed by atoms with E-state index >= 15 is 0 Å². The first-order valence-electron chi connectivity index (χ1n) is 12.2. The Balaban J connectivity index is 0.00000142. The van der Waals surface area contributed by atoms with Crippen LogP contribution in [0.5, 0.6) is 5.75 Å². The molecule has 37 heavy (non-hydrogen) atoms. The minimum Gasteiger partial charge on any atom is -0.495 e. The van der Waals surface area contributed by atoms with E-state index < -0.39 is 5.97 Å². The monoisotopic (exact) mass is 510 g/mol. The summed E-state index contributed by atoms with van der Waals surface area (Å²) in [6.07, 6.45) is 2.06. The Labute approximate surface area is 222 Å². The van der Waals surface area contributed by atoms with Crippen LogP contribution in [0, 0.1) is 12.8 Å². The normalized spacial score (nSPS) is 10.5. The van der Waals surface area contributed by atoms with Crippen molar-refractivity contribution in [2.24, 2.45) is 5.92 Å². The highest BCUT2D eigenvalue weighted by atomic mass is 16.6. The number of ketones is 1. The molecule has 6 heteroatoms. The van der Waals surface area contributed by atoms with Gasteiger partial charge in [-0.1, -0.05) is 51.5 Å². The summed E-state index contributed by atoms with van der Waals surface area (Å²) >= 11 is 0. The molecule has 0 amide bonds. The predicted molar refractivity (Wildman–Crippen MR) is 151 cm³/mol. The average Bonchev–Trinajstić information content (AvgIpc) is 2.87. The summed E-state index contributed by atoms with van der Waals surface area (Å²) in [6, 6.07) is 12.9. The number of aryl methyl sites for hydroxylation is 1. The van der Waals surface area contributed by atoms with Crippen LogP contribution in [0.25, 0.3) is 16.9 Å². The molecule has 0 aliphatic rings. The van der Waals surface area contributed by atoms with E-state index in [1.807, 2.05) is 32.0 Å². The summed E-state index contributed by atoms with van der Waals surface area (Å²) in [6.45, 7) is 17.3. The lowest BCUT2D eigenvalue weighted by Crippen LogP contribution is -2.12. The number of esters is 1. The number of hydrogen-bond acceptors (Lipinski definition) is 6. The molecule has 0 aliphatic heterocycles. The van der Waals surface area contributed by atoms with Crippen molar-refractivity contribution in [1.82, 2.24) is 0 Å². The van der Waals surface area contributed by atoms with Gasteiger partial charge in [-0.2, -0.15) is 0 Å². The molecule has 2 rings (SSSR count). The van der Waals surface area contributed by atoms with Crippen molar-refractivity contribution in [2.75, 3.05) is 20.8 Å². The smallest absolute Gasteiger partial charge is 0.343 e. The zero-order chi connectivity index (χ0) is 28.5. The molecular formula is C31H42O6. The number of allylic oxidation sites excluding steroid dienone is 2. The second-order valence-corrected chi connectivity index (χ2v) is 8.70. The molecule has 0 aromatic heterocycles. The molecule has 0 bridgehead atoms. The first-order chi connectivity index (χ1) is 17.5. The van der Waals surface area contributed by atoms with Gasteiger partial charge in [0.2, 0.25) is 0 Å². The molecule has 0 fully saturated rings. The van der Waals surface area contributed by atoms with Gasteiger partial charge in [-0.3, -0.25) is 4.79 Å². The third-order valence-electron chi connectivity index (χ3n) is 5.30. The van der Waals surface area contributed by atoms with Crippen molar-refractivity contribution in [3.05, 3.63) is 71.3 Å². The Morgan fingerprint density at radius 1 is 0.973 bits per heavy atom. The molecule has 0 saturated heterocycles. The molecule has 0 unspecified atom stereocenters. The van der Waals surface area contributed by atoms with Gasteiger partial charge < -0.3 is 19.0 Å². The van der Waals surface area contributed by atoms with Crippen LogP contribution in [0.3, 0.4) is 0 Å². The van der Waals surface area contributed by atoms with Gasteiger partial charge in [-0.05, 0) is 80.6 Å². The highest BCUT2D eigenvalue weighted by molar-refractivity contribution is 6.26. The van der Waals surface area contributed by atoms with Gasteiger partial charge >= 0.3 is 5.97 Å². The number of carbonyl (C=O) groups is 3. The van der Waals surface area contributed by atoms with E-state index in [-0.39, 0.29) is 12.4 Å². The third-order valence-corrected chi connectivity index (χ3v) is 5.30. The highest BCUT2D eigenvalue weighted by Crippen LogP contribution is 2.32. The van der Waals surface area contributed by atoms with Gasteiger partial charge in [-0.15, -0.1) is 0 Å². The Hall–Kier alpha value is -3.67. The maximum absolute atomic E-state index is 12.6. The zero-order valence-corrected chi connectivity index (χ0v) is 23.8. The first kappa shape index (κ1) is 33.3. The lowest BCUT2D eigenvalue weighted by atomic mass is 9.91. The molecular weight excluding hydrogens is 468 g/mol. The van der Waals surface area contributed by atoms with Crippen LogP contribution < -0.4 is 4.74 Å². The van der Waals surface area contributed by atoms with Crippen molar-refractivity contribution in [3.8, 4) is 5.75 Å². The highest BCUT2D eigenvalue weighted by Gasteiger charge is 2.19. The summed E-state index contributed by atoms with van der Waals surface area (Å²) in [5, 5.41) is 0. The molecule has 0 N–H and O–H groups in total. The SMILES string of the molecule is C=C(C)c1ccc(C)c(/C(C(C)=O)=C(/OC)c2ccc(OCC(=O)OC)cc2)c1.CC=O.CCC(C)C. The Kier molecular flexibility index (Phi) is 16.0. The molecule has 0 radical (unpaired) electrons. The number of carbonyl (C=O) groups excluding carboxylic acids is 3. The lowest BCUT2D eigenvalue weighted by molar-refractivity contribution is -0.142. The summed E-state index contributed by atoms with van der Waals surface area (Å²) in [5.74, 6) is 1.31. The van der Waals surface area contributed by atoms with Gasteiger partial charge in [0.25, 0.3) is 0 Å². The Bertz CT molecular complexity index is 1060. The van der Waals surface area contributed by atoms with E-state index in [2.05, 4.69) is 32.1 Å². The van der Waals surface area contributed by atoms with E-state index in [1.54, 1.807) is 24.3 Å². The summed E-state index contributed by atoms with van der Waals surface area (Å²) < 4.78 is 15.6. The lowest BCUT2D eigenvalue weighted by Gasteiger charge is -2.16. The van der Waals surface area contributed by atoms with Crippen LogP contribution >= 0.6 is 0 Å². The van der Waals surface area contributed by atoms with E-state index in [1.165, 1.54) is 34.5 Å². The van der Waals surface area contributed by atoms with Crippen LogP contribution in [0.4, 0.5) is 0 Å². The fraction of sp³-hybridized carbons (Fsp3) is 0.387. The molecule has 0 atom stereocenters. The van der Waals surface area contributed by atoms with Gasteiger partial charge in [0.05, 0.1) is 19.8 Å². The molecule has 202 valence electrons. The van der Waals surface area contributed by atoms with E-state index in [0.717, 1.165) is 40.0 Å². The summed E-state index contributed by atoms with van der Waals surface area (Å²) in [7, 11) is 2.84. The molecule has 0 saturated carbocycles. The topological polar surface area (TPSA) is 78.9 Å². The number of benzene rings is 2. The maximum atomic E-state index is 12.6. The van der Waals surface area contributed by atoms with Crippen molar-refractivity contribution in [3.63, 3.8) is 0 Å². The predicted octanol–water partition coefficient (Wildman–Crippen LogP) is 6.94. The number of methoxy groups -OCH3 is 2. The number of ether oxygens (including phenoxy) is 3. The minimum absolute atomic E-state index is 0.102. The largest absolute Gasteiger partial charge is 0.495 e. The van der Waals surface area contributed by atoms with Crippen molar-refractivity contribution < 1.29 is 28.6 Å². The minimum atomic E-state index is -0.460. The van der Waals surface area contributed by atoms with Crippen molar-refractivity contribution in [2.45, 2.75) is 54.9 Å². The third kappa shape index (κ3) is 11.7. The second kappa shape index (κ2) is 17.7. The molecule has 0 spiro atoms. The van der Waals surface area contributed by atoms with Gasteiger partial charge in [0.1, 0.15) is 17.8 Å². The van der Waals surface area contributed by atoms with Gasteiger partial charge in [0.15, 0.2) is 12.4 Å². The van der Waals surface area contributed by atoms with E-state index in [9.17, 15) is 9.59 Å². The molecule has 2 aromatic carbocycles. The summed E-state index contributed by atoms with van der Waals surface area (Å²) in [4.78, 5) is 32.6. The van der Waals surface area contributed by atoms with Gasteiger partial charge in [-0.25, -0.2) is 4.79 Å². The quantitative estimate of drug-likeness (QED) is 0.120. The summed E-state index contributed by atoms with van der Waals surface area (Å²) in [5.41, 5.74) is 4.87. The van der Waals surface area contributed by atoms with Crippen molar-refractivity contribution >= 4 is 34.9 Å². The molecule has 2 aromatic rings. The van der Waals surface area contributed by atoms with Crippen molar-refractivity contribution in [1.29, 1.82) is 0 Å². The molecule has 0 heterocycles. The number of aldehydes is 1. The fourth-order valence-electron chi connectivity index (χ4n) is 2.90. The van der Waals surface area contributed by atoms with Crippen LogP contribution in [0.1, 0.15) is 70.2 Å². The molecule has 0 aliphatic carbocycles. The first-order valence-corrected chi connectivity index (χ1v) is 12.2. The van der Waals surface area contributed by atoms with E-state index in [4.69, 9.17) is 14.3 Å². The Morgan fingerprint density at radius 3 is 1.89 bits per heavy atom. The van der Waals surface area contributed by atoms with Crippen LogP contribution in [-0.4, -0.2) is 38.9 Å². The molecule has 6 nitrogen and oxygen atoms in total. The standard InChI is InChI=1S/C24H26O5.C5H12.C2H4O/c1-15(2)19-8-7-16(3)21(13-19)23(17(4)25)24(28-6)18-9-11-20(12-10-18)29-14-22(26)27-5;1-4-5(2)3;1-2-3/h7-13H,1,14H2,2-6H3;5H,4H2,1-3H3;2H,1H3/b24-23+;;. The zero-order valence-electron chi connectivity index (χ0n) is 23.8. The number of hydrogen-bond donors (Lipinski definition) is 0.